The molecule has 0 fully saturated rings. The van der Waals surface area contributed by atoms with Crippen molar-refractivity contribution < 1.29 is 4.79 Å². The van der Waals surface area contributed by atoms with Gasteiger partial charge in [-0.25, -0.2) is 0 Å². The van der Waals surface area contributed by atoms with Gasteiger partial charge in [0.25, 0.3) is 5.91 Å². The van der Waals surface area contributed by atoms with Crippen molar-refractivity contribution in [2.75, 3.05) is 5.01 Å². The topological polar surface area (TPSA) is 58.7 Å². The quantitative estimate of drug-likeness (QED) is 0.786. The lowest BCUT2D eigenvalue weighted by atomic mass is 10.1. The SMILES string of the molecule is CCc1ccccc1N1N=C(N)CC1=O. The average molecular weight is 203 g/mol. The van der Waals surface area contributed by atoms with E-state index < -0.39 is 0 Å². The molecule has 2 rings (SSSR count). The van der Waals surface area contributed by atoms with Gasteiger partial charge in [0.1, 0.15) is 5.84 Å². The van der Waals surface area contributed by atoms with E-state index in [2.05, 4.69) is 5.10 Å². The number of carbonyl (C=O) groups is 1. The van der Waals surface area contributed by atoms with Crippen molar-refractivity contribution >= 4 is 17.4 Å². The van der Waals surface area contributed by atoms with Crippen LogP contribution in [0.3, 0.4) is 0 Å². The standard InChI is InChI=1S/C11H13N3O/c1-2-8-5-3-4-6-9(8)14-11(15)7-10(12)13-14/h3-6H,2,7H2,1H3,(H2,12,13). The molecule has 1 amide bonds. The lowest BCUT2D eigenvalue weighted by molar-refractivity contribution is -0.116. The van der Waals surface area contributed by atoms with Crippen molar-refractivity contribution in [1.29, 1.82) is 0 Å². The molecule has 0 aliphatic carbocycles. The second-order valence-corrected chi connectivity index (χ2v) is 3.46. The van der Waals surface area contributed by atoms with Gasteiger partial charge in [0.15, 0.2) is 0 Å². The molecule has 1 aromatic rings. The highest BCUT2D eigenvalue weighted by molar-refractivity contribution is 6.11. The van der Waals surface area contributed by atoms with Gasteiger partial charge < -0.3 is 5.73 Å². The summed E-state index contributed by atoms with van der Waals surface area (Å²) in [6, 6.07) is 7.73. The van der Waals surface area contributed by atoms with E-state index in [-0.39, 0.29) is 12.3 Å². The maximum atomic E-state index is 11.6. The highest BCUT2D eigenvalue weighted by Crippen LogP contribution is 2.24. The number of nitrogens with zero attached hydrogens (tertiary/aromatic N) is 2. The zero-order valence-electron chi connectivity index (χ0n) is 8.60. The number of hydrogen-bond acceptors (Lipinski definition) is 3. The van der Waals surface area contributed by atoms with Crippen LogP contribution in [0.4, 0.5) is 5.69 Å². The molecule has 4 heteroatoms. The Morgan fingerprint density at radius 2 is 2.20 bits per heavy atom. The number of amides is 1. The van der Waals surface area contributed by atoms with Crippen LogP contribution in [-0.4, -0.2) is 11.7 Å². The third-order valence-electron chi connectivity index (χ3n) is 2.40. The number of rotatable bonds is 2. The van der Waals surface area contributed by atoms with Gasteiger partial charge in [-0.15, -0.1) is 0 Å². The Kier molecular flexibility index (Phi) is 2.41. The molecular weight excluding hydrogens is 190 g/mol. The van der Waals surface area contributed by atoms with E-state index in [0.29, 0.717) is 5.84 Å². The number of carbonyl (C=O) groups excluding carboxylic acids is 1. The molecule has 1 aliphatic rings. The molecule has 0 saturated heterocycles. The van der Waals surface area contributed by atoms with Crippen LogP contribution in [-0.2, 0) is 11.2 Å². The number of nitrogens with two attached hydrogens (primary N) is 1. The van der Waals surface area contributed by atoms with Crippen molar-refractivity contribution in [2.24, 2.45) is 10.8 Å². The molecule has 2 N–H and O–H groups in total. The molecular formula is C11H13N3O. The number of hydrogen-bond donors (Lipinski definition) is 1. The Hall–Kier alpha value is -1.84. The zero-order valence-corrected chi connectivity index (χ0v) is 8.60. The van der Waals surface area contributed by atoms with E-state index in [1.165, 1.54) is 5.01 Å². The fourth-order valence-electron chi connectivity index (χ4n) is 1.65. The minimum Gasteiger partial charge on any atom is -0.385 e. The van der Waals surface area contributed by atoms with E-state index in [1.807, 2.05) is 31.2 Å². The Bertz CT molecular complexity index is 426. The van der Waals surface area contributed by atoms with E-state index in [1.54, 1.807) is 0 Å². The summed E-state index contributed by atoms with van der Waals surface area (Å²) in [5.41, 5.74) is 7.47. The Balaban J connectivity index is 2.41. The number of amidine groups is 1. The summed E-state index contributed by atoms with van der Waals surface area (Å²) >= 11 is 0. The van der Waals surface area contributed by atoms with Gasteiger partial charge in [-0.05, 0) is 18.1 Å². The Morgan fingerprint density at radius 1 is 1.47 bits per heavy atom. The number of benzene rings is 1. The van der Waals surface area contributed by atoms with Crippen LogP contribution in [0.1, 0.15) is 18.9 Å². The largest absolute Gasteiger partial charge is 0.385 e. The second-order valence-electron chi connectivity index (χ2n) is 3.46. The Labute approximate surface area is 88.4 Å². The average Bonchev–Trinajstić information content (AvgIpc) is 2.57. The smallest absolute Gasteiger partial charge is 0.255 e. The van der Waals surface area contributed by atoms with Crippen LogP contribution in [0.2, 0.25) is 0 Å². The molecule has 0 radical (unpaired) electrons. The van der Waals surface area contributed by atoms with Gasteiger partial charge >= 0.3 is 0 Å². The molecule has 78 valence electrons. The van der Waals surface area contributed by atoms with Crippen LogP contribution < -0.4 is 10.7 Å². The van der Waals surface area contributed by atoms with Gasteiger partial charge in [-0.2, -0.15) is 10.1 Å². The highest BCUT2D eigenvalue weighted by Gasteiger charge is 2.24. The molecule has 0 unspecified atom stereocenters. The predicted molar refractivity (Wildman–Crippen MR) is 59.5 cm³/mol. The fraction of sp³-hybridized carbons (Fsp3) is 0.273. The molecule has 0 saturated carbocycles. The van der Waals surface area contributed by atoms with Gasteiger partial charge in [-0.1, -0.05) is 25.1 Å². The maximum absolute atomic E-state index is 11.6. The lowest BCUT2D eigenvalue weighted by Gasteiger charge is -2.14. The summed E-state index contributed by atoms with van der Waals surface area (Å²) < 4.78 is 0. The molecule has 0 atom stereocenters. The molecule has 0 bridgehead atoms. The van der Waals surface area contributed by atoms with Crippen LogP contribution in [0.5, 0.6) is 0 Å². The minimum absolute atomic E-state index is 0.0617. The minimum atomic E-state index is -0.0617. The monoisotopic (exact) mass is 203 g/mol. The number of para-hydroxylation sites is 1. The third-order valence-corrected chi connectivity index (χ3v) is 2.40. The van der Waals surface area contributed by atoms with Gasteiger partial charge in [0, 0.05) is 0 Å². The van der Waals surface area contributed by atoms with Crippen molar-refractivity contribution in [2.45, 2.75) is 19.8 Å². The number of hydrazone groups is 1. The first-order chi connectivity index (χ1) is 7.22. The first kappa shape index (κ1) is 9.71. The van der Waals surface area contributed by atoms with Gasteiger partial charge in [-0.3, -0.25) is 4.79 Å². The Morgan fingerprint density at radius 3 is 2.80 bits per heavy atom. The molecule has 0 spiro atoms. The second kappa shape index (κ2) is 3.73. The molecule has 1 heterocycles. The van der Waals surface area contributed by atoms with Crippen LogP contribution >= 0.6 is 0 Å². The van der Waals surface area contributed by atoms with Gasteiger partial charge in [0.2, 0.25) is 0 Å². The van der Waals surface area contributed by atoms with Crippen LogP contribution in [0.25, 0.3) is 0 Å². The summed E-state index contributed by atoms with van der Waals surface area (Å²) in [6.07, 6.45) is 1.09. The van der Waals surface area contributed by atoms with E-state index >= 15 is 0 Å². The summed E-state index contributed by atoms with van der Waals surface area (Å²) in [5, 5.41) is 5.42. The first-order valence-corrected chi connectivity index (χ1v) is 4.96. The van der Waals surface area contributed by atoms with Crippen molar-refractivity contribution in [3.63, 3.8) is 0 Å². The molecule has 1 aromatic carbocycles. The lowest BCUT2D eigenvalue weighted by Crippen LogP contribution is -2.20. The molecule has 0 aromatic heterocycles. The van der Waals surface area contributed by atoms with Crippen molar-refractivity contribution in [3.05, 3.63) is 29.8 Å². The maximum Gasteiger partial charge on any atom is 0.255 e. The van der Waals surface area contributed by atoms with Gasteiger partial charge in [0.05, 0.1) is 12.1 Å². The number of anilines is 1. The normalized spacial score (nSPS) is 15.7. The van der Waals surface area contributed by atoms with Crippen LogP contribution in [0.15, 0.2) is 29.4 Å². The van der Waals surface area contributed by atoms with E-state index in [0.717, 1.165) is 17.7 Å². The molecule has 4 nitrogen and oxygen atoms in total. The van der Waals surface area contributed by atoms with E-state index in [4.69, 9.17) is 5.73 Å². The zero-order chi connectivity index (χ0) is 10.8. The molecule has 15 heavy (non-hydrogen) atoms. The highest BCUT2D eigenvalue weighted by atomic mass is 16.2. The predicted octanol–water partition coefficient (Wildman–Crippen LogP) is 1.26. The van der Waals surface area contributed by atoms with E-state index in [9.17, 15) is 4.79 Å². The first-order valence-electron chi connectivity index (χ1n) is 4.96. The van der Waals surface area contributed by atoms with Crippen molar-refractivity contribution in [1.82, 2.24) is 0 Å². The number of aryl methyl sites for hydroxylation is 1. The molecule has 1 aliphatic heterocycles. The summed E-state index contributed by atoms with van der Waals surface area (Å²) in [6.45, 7) is 2.05. The summed E-state index contributed by atoms with van der Waals surface area (Å²) in [5.74, 6) is 0.319. The van der Waals surface area contributed by atoms with Crippen molar-refractivity contribution in [3.8, 4) is 0 Å². The summed E-state index contributed by atoms with van der Waals surface area (Å²) in [4.78, 5) is 11.6. The fourth-order valence-corrected chi connectivity index (χ4v) is 1.65. The third kappa shape index (κ3) is 1.70. The summed E-state index contributed by atoms with van der Waals surface area (Å²) in [7, 11) is 0. The van der Waals surface area contributed by atoms with Crippen LogP contribution in [0, 0.1) is 0 Å².